The van der Waals surface area contributed by atoms with Crippen molar-refractivity contribution in [3.63, 3.8) is 0 Å². The monoisotopic (exact) mass is 283 g/mol. The minimum atomic E-state index is -0.716. The van der Waals surface area contributed by atoms with Crippen molar-refractivity contribution in [2.75, 3.05) is 12.4 Å². The minimum absolute atomic E-state index is 0.0976. The first-order valence-electron chi connectivity index (χ1n) is 6.62. The third kappa shape index (κ3) is 3.55. The van der Waals surface area contributed by atoms with Gasteiger partial charge in [0, 0.05) is 12.7 Å². The third-order valence-corrected chi connectivity index (χ3v) is 3.14. The molecule has 0 spiro atoms. The highest BCUT2D eigenvalue weighted by molar-refractivity contribution is 6.04. The van der Waals surface area contributed by atoms with Crippen molar-refractivity contribution in [1.82, 2.24) is 0 Å². The number of benzene rings is 2. The molecule has 0 saturated heterocycles. The Labute approximate surface area is 123 Å². The second-order valence-corrected chi connectivity index (χ2v) is 4.62. The highest BCUT2D eigenvalue weighted by atomic mass is 16.5. The fourth-order valence-corrected chi connectivity index (χ4v) is 2.12. The molecule has 108 valence electrons. The summed E-state index contributed by atoms with van der Waals surface area (Å²) in [5, 5.41) is 2.76. The van der Waals surface area contributed by atoms with Gasteiger partial charge < -0.3 is 10.1 Å². The van der Waals surface area contributed by atoms with Crippen molar-refractivity contribution in [1.29, 1.82) is 0 Å². The lowest BCUT2D eigenvalue weighted by Gasteiger charge is -2.16. The van der Waals surface area contributed by atoms with Crippen LogP contribution in [0.5, 0.6) is 0 Å². The lowest BCUT2D eigenvalue weighted by atomic mass is 10.1. The summed E-state index contributed by atoms with van der Waals surface area (Å²) in [5.74, 6) is -0.406. The molecule has 0 bridgehead atoms. The second kappa shape index (κ2) is 6.81. The first-order chi connectivity index (χ1) is 10.1. The molecule has 0 fully saturated rings. The minimum Gasteiger partial charge on any atom is -0.367 e. The van der Waals surface area contributed by atoms with Crippen LogP contribution in [0.1, 0.15) is 28.9 Å². The molecule has 4 heteroatoms. The van der Waals surface area contributed by atoms with Crippen LogP contribution >= 0.6 is 0 Å². The van der Waals surface area contributed by atoms with E-state index in [0.29, 0.717) is 11.3 Å². The predicted octanol–water partition coefficient (Wildman–Crippen LogP) is 3.22. The van der Waals surface area contributed by atoms with Crippen LogP contribution in [-0.2, 0) is 9.53 Å². The molecule has 0 aliphatic rings. The van der Waals surface area contributed by atoms with Crippen LogP contribution in [0.3, 0.4) is 0 Å². The molecule has 1 unspecified atom stereocenters. The van der Waals surface area contributed by atoms with Crippen LogP contribution in [-0.4, -0.2) is 18.8 Å². The second-order valence-electron chi connectivity index (χ2n) is 4.62. The Morgan fingerprint density at radius 2 is 1.62 bits per heavy atom. The Kier molecular flexibility index (Phi) is 4.85. The van der Waals surface area contributed by atoms with E-state index in [1.165, 1.54) is 14.0 Å². The number of carbonyl (C=O) groups excluding carboxylic acids is 2. The van der Waals surface area contributed by atoms with Crippen LogP contribution in [0.4, 0.5) is 5.69 Å². The standard InChI is InChI=1S/C17H17NO3/c1-12(19)14-10-6-7-11-15(14)18-17(20)16(21-2)13-8-4-3-5-9-13/h3-11,16H,1-2H3,(H,18,20). The summed E-state index contributed by atoms with van der Waals surface area (Å²) in [7, 11) is 1.48. The number of hydrogen-bond acceptors (Lipinski definition) is 3. The molecule has 21 heavy (non-hydrogen) atoms. The molecular formula is C17H17NO3. The summed E-state index contributed by atoms with van der Waals surface area (Å²) in [5.41, 5.74) is 1.74. The molecule has 4 nitrogen and oxygen atoms in total. The Balaban J connectivity index is 2.23. The Morgan fingerprint density at radius 3 is 2.24 bits per heavy atom. The molecule has 2 rings (SSSR count). The summed E-state index contributed by atoms with van der Waals surface area (Å²) in [6, 6.07) is 16.1. The number of para-hydroxylation sites is 1. The summed E-state index contributed by atoms with van der Waals surface area (Å²) in [4.78, 5) is 23.9. The molecule has 0 aliphatic carbocycles. The first-order valence-corrected chi connectivity index (χ1v) is 6.62. The summed E-state index contributed by atoms with van der Waals surface area (Å²) >= 11 is 0. The molecule has 0 saturated carbocycles. The molecule has 0 aromatic heterocycles. The van der Waals surface area contributed by atoms with E-state index >= 15 is 0 Å². The van der Waals surface area contributed by atoms with Gasteiger partial charge in [0.2, 0.25) is 0 Å². The van der Waals surface area contributed by atoms with E-state index < -0.39 is 6.10 Å². The fraction of sp³-hybridized carbons (Fsp3) is 0.176. The maximum absolute atomic E-state index is 12.4. The van der Waals surface area contributed by atoms with Crippen molar-refractivity contribution in [2.24, 2.45) is 0 Å². The average Bonchev–Trinajstić information content (AvgIpc) is 2.49. The first kappa shape index (κ1) is 14.9. The number of rotatable bonds is 5. The van der Waals surface area contributed by atoms with Gasteiger partial charge >= 0.3 is 0 Å². The molecule has 2 aromatic carbocycles. The van der Waals surface area contributed by atoms with Crippen molar-refractivity contribution in [3.05, 3.63) is 65.7 Å². The Hall–Kier alpha value is -2.46. The van der Waals surface area contributed by atoms with Gasteiger partial charge in [0.25, 0.3) is 5.91 Å². The number of hydrogen-bond donors (Lipinski definition) is 1. The van der Waals surface area contributed by atoms with Crippen molar-refractivity contribution < 1.29 is 14.3 Å². The lowest BCUT2D eigenvalue weighted by molar-refractivity contribution is -0.126. The third-order valence-electron chi connectivity index (χ3n) is 3.14. The SMILES string of the molecule is COC(C(=O)Nc1ccccc1C(C)=O)c1ccccc1. The molecule has 1 amide bonds. The van der Waals surface area contributed by atoms with Crippen LogP contribution in [0.25, 0.3) is 0 Å². The number of nitrogens with one attached hydrogen (secondary N) is 1. The number of methoxy groups -OCH3 is 1. The molecule has 0 heterocycles. The summed E-state index contributed by atoms with van der Waals surface area (Å²) < 4.78 is 5.27. The number of anilines is 1. The van der Waals surface area contributed by atoms with Crippen molar-refractivity contribution in [3.8, 4) is 0 Å². The number of ether oxygens (including phenoxy) is 1. The van der Waals surface area contributed by atoms with Gasteiger partial charge in [-0.05, 0) is 24.6 Å². The zero-order chi connectivity index (χ0) is 15.2. The van der Waals surface area contributed by atoms with Gasteiger partial charge in [-0.3, -0.25) is 9.59 Å². The zero-order valence-electron chi connectivity index (χ0n) is 12.0. The fourth-order valence-electron chi connectivity index (χ4n) is 2.12. The largest absolute Gasteiger partial charge is 0.367 e. The number of amides is 1. The van der Waals surface area contributed by atoms with E-state index in [9.17, 15) is 9.59 Å². The smallest absolute Gasteiger partial charge is 0.258 e. The van der Waals surface area contributed by atoms with E-state index in [4.69, 9.17) is 4.74 Å². The zero-order valence-corrected chi connectivity index (χ0v) is 12.0. The molecule has 2 aromatic rings. The van der Waals surface area contributed by atoms with Gasteiger partial charge in [-0.25, -0.2) is 0 Å². The van der Waals surface area contributed by atoms with E-state index in [0.717, 1.165) is 5.56 Å². The van der Waals surface area contributed by atoms with Gasteiger partial charge in [0.05, 0.1) is 5.69 Å². The maximum atomic E-state index is 12.4. The number of ketones is 1. The molecule has 0 radical (unpaired) electrons. The van der Waals surface area contributed by atoms with Crippen LogP contribution < -0.4 is 5.32 Å². The van der Waals surface area contributed by atoms with E-state index in [1.54, 1.807) is 24.3 Å². The van der Waals surface area contributed by atoms with Gasteiger partial charge in [-0.15, -0.1) is 0 Å². The average molecular weight is 283 g/mol. The highest BCUT2D eigenvalue weighted by Gasteiger charge is 2.21. The van der Waals surface area contributed by atoms with Gasteiger partial charge in [-0.2, -0.15) is 0 Å². The van der Waals surface area contributed by atoms with Gasteiger partial charge in [0.1, 0.15) is 0 Å². The van der Waals surface area contributed by atoms with E-state index in [1.807, 2.05) is 30.3 Å². The van der Waals surface area contributed by atoms with Crippen molar-refractivity contribution >= 4 is 17.4 Å². The lowest BCUT2D eigenvalue weighted by Crippen LogP contribution is -2.23. The Bertz CT molecular complexity index is 637. The molecule has 1 atom stereocenters. The summed E-state index contributed by atoms with van der Waals surface area (Å²) in [6.45, 7) is 1.47. The van der Waals surface area contributed by atoms with Crippen LogP contribution in [0.15, 0.2) is 54.6 Å². The van der Waals surface area contributed by atoms with Gasteiger partial charge in [0.15, 0.2) is 11.9 Å². The van der Waals surface area contributed by atoms with E-state index in [2.05, 4.69) is 5.32 Å². The van der Waals surface area contributed by atoms with Gasteiger partial charge in [-0.1, -0.05) is 42.5 Å². The normalized spacial score (nSPS) is 11.7. The Morgan fingerprint density at radius 1 is 1.00 bits per heavy atom. The predicted molar refractivity (Wildman–Crippen MR) is 81.3 cm³/mol. The molecule has 1 N–H and O–H groups in total. The molecular weight excluding hydrogens is 266 g/mol. The maximum Gasteiger partial charge on any atom is 0.258 e. The van der Waals surface area contributed by atoms with Crippen molar-refractivity contribution in [2.45, 2.75) is 13.0 Å². The van der Waals surface area contributed by atoms with Crippen LogP contribution in [0, 0.1) is 0 Å². The molecule has 0 aliphatic heterocycles. The van der Waals surface area contributed by atoms with E-state index in [-0.39, 0.29) is 11.7 Å². The number of carbonyl (C=O) groups is 2. The summed E-state index contributed by atoms with van der Waals surface area (Å²) in [6.07, 6.45) is -0.716. The number of Topliss-reactive ketones (excluding diaryl/α,β-unsaturated/α-hetero) is 1. The topological polar surface area (TPSA) is 55.4 Å². The quantitative estimate of drug-likeness (QED) is 0.857. The van der Waals surface area contributed by atoms with Crippen LogP contribution in [0.2, 0.25) is 0 Å². The highest BCUT2D eigenvalue weighted by Crippen LogP contribution is 2.21.